The second-order valence-corrected chi connectivity index (χ2v) is 4.50. The van der Waals surface area contributed by atoms with Crippen LogP contribution in [-0.4, -0.2) is 26.5 Å². The van der Waals surface area contributed by atoms with Gasteiger partial charge in [0.2, 0.25) is 0 Å². The van der Waals surface area contributed by atoms with Gasteiger partial charge in [-0.2, -0.15) is 5.10 Å². The van der Waals surface area contributed by atoms with E-state index in [1.54, 1.807) is 0 Å². The molecule has 0 saturated heterocycles. The fraction of sp³-hybridized carbons (Fsp3) is 0.154. The van der Waals surface area contributed by atoms with Crippen molar-refractivity contribution < 1.29 is 18.9 Å². The Bertz CT molecular complexity index is 769. The third kappa shape index (κ3) is 4.09. The summed E-state index contributed by atoms with van der Waals surface area (Å²) in [5.41, 5.74) is 5.95. The van der Waals surface area contributed by atoms with Crippen LogP contribution in [0.5, 0.6) is 0 Å². The Kier molecular flexibility index (Phi) is 4.64. The summed E-state index contributed by atoms with van der Waals surface area (Å²) >= 11 is 0. The molecule has 0 radical (unpaired) electrons. The number of nitro groups is 1. The van der Waals surface area contributed by atoms with E-state index >= 15 is 0 Å². The maximum atomic E-state index is 12.8. The fourth-order valence-corrected chi connectivity index (χ4v) is 1.70. The van der Waals surface area contributed by atoms with Gasteiger partial charge in [-0.1, -0.05) is 5.16 Å². The average Bonchev–Trinajstić information content (AvgIpc) is 2.86. The predicted molar refractivity (Wildman–Crippen MR) is 76.8 cm³/mol. The molecule has 0 aliphatic rings. The molecule has 0 saturated carbocycles. The van der Waals surface area contributed by atoms with Gasteiger partial charge in [0.05, 0.1) is 4.92 Å². The first-order valence-corrected chi connectivity index (χ1v) is 6.34. The highest BCUT2D eigenvalue weighted by atomic mass is 19.1. The largest absolute Gasteiger partial charge is 0.380 e. The summed E-state index contributed by atoms with van der Waals surface area (Å²) in [6.07, 6.45) is 1.11. The number of oxime groups is 1. The van der Waals surface area contributed by atoms with Crippen molar-refractivity contribution in [2.45, 2.75) is 13.5 Å². The van der Waals surface area contributed by atoms with Crippen molar-refractivity contribution in [3.05, 3.63) is 57.7 Å². The zero-order valence-corrected chi connectivity index (χ0v) is 12.0. The van der Waals surface area contributed by atoms with Gasteiger partial charge in [0.25, 0.3) is 0 Å². The maximum absolute atomic E-state index is 12.8. The zero-order chi connectivity index (χ0) is 17.0. The Morgan fingerprint density at radius 3 is 2.70 bits per heavy atom. The van der Waals surface area contributed by atoms with Gasteiger partial charge in [-0.25, -0.2) is 9.18 Å². The second kappa shape index (κ2) is 6.64. The first-order chi connectivity index (χ1) is 10.9. The lowest BCUT2D eigenvalue weighted by Crippen LogP contribution is -2.17. The van der Waals surface area contributed by atoms with E-state index in [1.807, 2.05) is 0 Å². The van der Waals surface area contributed by atoms with Crippen molar-refractivity contribution in [2.24, 2.45) is 10.9 Å². The number of carbonyl (C=O) groups is 1. The Labute approximate surface area is 129 Å². The van der Waals surface area contributed by atoms with Gasteiger partial charge in [-0.05, 0) is 31.2 Å². The SMILES string of the molecule is Cc1nn(CC(=O)O/N=C(\N)c2ccc(F)cc2)cc1[N+](=O)[O-]. The van der Waals surface area contributed by atoms with Crippen molar-refractivity contribution in [1.82, 2.24) is 9.78 Å². The molecule has 1 aromatic heterocycles. The Morgan fingerprint density at radius 2 is 2.13 bits per heavy atom. The minimum atomic E-state index is -0.813. The van der Waals surface area contributed by atoms with Gasteiger partial charge < -0.3 is 10.6 Å². The number of nitrogens with zero attached hydrogens (tertiary/aromatic N) is 4. The van der Waals surface area contributed by atoms with E-state index < -0.39 is 16.7 Å². The third-order valence-electron chi connectivity index (χ3n) is 2.79. The summed E-state index contributed by atoms with van der Waals surface area (Å²) in [5, 5.41) is 17.9. The van der Waals surface area contributed by atoms with Crippen LogP contribution in [0.3, 0.4) is 0 Å². The minimum Gasteiger partial charge on any atom is -0.380 e. The normalized spacial score (nSPS) is 11.3. The van der Waals surface area contributed by atoms with Crippen LogP contribution in [0, 0.1) is 22.9 Å². The van der Waals surface area contributed by atoms with Gasteiger partial charge in [-0.3, -0.25) is 14.8 Å². The molecule has 0 atom stereocenters. The number of halogens is 1. The molecule has 0 amide bonds. The standard InChI is InChI=1S/C13H12FN5O4/c1-8-11(19(21)22)6-18(16-8)7-12(20)23-17-13(15)9-2-4-10(14)5-3-9/h2-6H,7H2,1H3,(H2,15,17). The molecule has 2 rings (SSSR count). The summed E-state index contributed by atoms with van der Waals surface area (Å²) in [4.78, 5) is 26.3. The molecule has 120 valence electrons. The molecule has 0 bridgehead atoms. The number of aromatic nitrogens is 2. The molecule has 0 unspecified atom stereocenters. The van der Waals surface area contributed by atoms with Crippen molar-refractivity contribution in [3.63, 3.8) is 0 Å². The van der Waals surface area contributed by atoms with Crippen molar-refractivity contribution >= 4 is 17.5 Å². The van der Waals surface area contributed by atoms with Gasteiger partial charge >= 0.3 is 11.7 Å². The lowest BCUT2D eigenvalue weighted by molar-refractivity contribution is -0.385. The molecule has 0 fully saturated rings. The second-order valence-electron chi connectivity index (χ2n) is 4.50. The molecular formula is C13H12FN5O4. The van der Waals surface area contributed by atoms with Crippen LogP contribution in [0.4, 0.5) is 10.1 Å². The van der Waals surface area contributed by atoms with E-state index in [0.29, 0.717) is 5.56 Å². The molecule has 9 nitrogen and oxygen atoms in total. The van der Waals surface area contributed by atoms with Crippen LogP contribution in [0.25, 0.3) is 0 Å². The molecule has 2 N–H and O–H groups in total. The summed E-state index contributed by atoms with van der Waals surface area (Å²) < 4.78 is 13.8. The number of nitrogens with two attached hydrogens (primary N) is 1. The first kappa shape index (κ1) is 16.1. The van der Waals surface area contributed by atoms with Crippen LogP contribution in [-0.2, 0) is 16.2 Å². The molecule has 2 aromatic rings. The van der Waals surface area contributed by atoms with Crippen LogP contribution < -0.4 is 5.73 Å². The Hall–Kier alpha value is -3.30. The molecule has 10 heteroatoms. The minimum absolute atomic E-state index is 0.110. The topological polar surface area (TPSA) is 126 Å². The predicted octanol–water partition coefficient (Wildman–Crippen LogP) is 1.10. The quantitative estimate of drug-likeness (QED) is 0.289. The smallest absolute Gasteiger partial charge is 0.356 e. The van der Waals surface area contributed by atoms with E-state index in [1.165, 1.54) is 31.2 Å². The van der Waals surface area contributed by atoms with E-state index in [4.69, 9.17) is 5.73 Å². The van der Waals surface area contributed by atoms with Crippen LogP contribution in [0.1, 0.15) is 11.3 Å². The Balaban J connectivity index is 1.99. The summed E-state index contributed by atoms with van der Waals surface area (Å²) in [5.74, 6) is -1.36. The highest BCUT2D eigenvalue weighted by molar-refractivity contribution is 5.97. The molecule has 1 aromatic carbocycles. The highest BCUT2D eigenvalue weighted by Crippen LogP contribution is 2.14. The fourth-order valence-electron chi connectivity index (χ4n) is 1.70. The number of aryl methyl sites for hydroxylation is 1. The van der Waals surface area contributed by atoms with E-state index in [-0.39, 0.29) is 23.8 Å². The monoisotopic (exact) mass is 321 g/mol. The number of hydrogen-bond donors (Lipinski definition) is 1. The average molecular weight is 321 g/mol. The third-order valence-corrected chi connectivity index (χ3v) is 2.79. The number of benzene rings is 1. The van der Waals surface area contributed by atoms with Gasteiger partial charge in [-0.15, -0.1) is 0 Å². The maximum Gasteiger partial charge on any atom is 0.356 e. The summed E-state index contributed by atoms with van der Waals surface area (Å²) in [6, 6.07) is 5.13. The van der Waals surface area contributed by atoms with Gasteiger partial charge in [0.15, 0.2) is 5.84 Å². The number of amidine groups is 1. The van der Waals surface area contributed by atoms with E-state index in [9.17, 15) is 19.3 Å². The van der Waals surface area contributed by atoms with Crippen LogP contribution >= 0.6 is 0 Å². The lowest BCUT2D eigenvalue weighted by atomic mass is 10.2. The molecule has 23 heavy (non-hydrogen) atoms. The molecule has 0 spiro atoms. The Morgan fingerprint density at radius 1 is 1.48 bits per heavy atom. The number of rotatable bonds is 5. The van der Waals surface area contributed by atoms with Crippen molar-refractivity contribution in [3.8, 4) is 0 Å². The van der Waals surface area contributed by atoms with E-state index in [2.05, 4.69) is 15.1 Å². The van der Waals surface area contributed by atoms with Crippen LogP contribution in [0.2, 0.25) is 0 Å². The number of hydrogen-bond acceptors (Lipinski definition) is 6. The van der Waals surface area contributed by atoms with Crippen LogP contribution in [0.15, 0.2) is 35.6 Å². The molecule has 0 aliphatic heterocycles. The van der Waals surface area contributed by atoms with Gasteiger partial charge in [0.1, 0.15) is 24.3 Å². The molecule has 0 aliphatic carbocycles. The molecule has 1 heterocycles. The summed E-state index contributed by atoms with van der Waals surface area (Å²) in [6.45, 7) is 1.08. The van der Waals surface area contributed by atoms with Crippen molar-refractivity contribution in [1.29, 1.82) is 0 Å². The molecular weight excluding hydrogens is 309 g/mol. The summed E-state index contributed by atoms with van der Waals surface area (Å²) in [7, 11) is 0. The van der Waals surface area contributed by atoms with E-state index in [0.717, 1.165) is 10.9 Å². The zero-order valence-electron chi connectivity index (χ0n) is 12.0. The van der Waals surface area contributed by atoms with Gasteiger partial charge in [0, 0.05) is 5.56 Å². The first-order valence-electron chi connectivity index (χ1n) is 6.34. The highest BCUT2D eigenvalue weighted by Gasteiger charge is 2.17. The lowest BCUT2D eigenvalue weighted by Gasteiger charge is -2.01. The van der Waals surface area contributed by atoms with Crippen molar-refractivity contribution in [2.75, 3.05) is 0 Å². The number of carbonyl (C=O) groups excluding carboxylic acids is 1.